The molecule has 4 rings (SSSR count). The van der Waals surface area contributed by atoms with Crippen LogP contribution in [0.25, 0.3) is 22.2 Å². The van der Waals surface area contributed by atoms with Gasteiger partial charge in [0.15, 0.2) is 0 Å². The molecule has 0 atom stereocenters. The summed E-state index contributed by atoms with van der Waals surface area (Å²) in [5.41, 5.74) is 2.45. The second-order valence-electron chi connectivity index (χ2n) is 9.12. The largest absolute Gasteiger partial charge is 0.465 e. The Morgan fingerprint density at radius 2 is 1.94 bits per heavy atom. The van der Waals surface area contributed by atoms with E-state index in [1.54, 1.807) is 24.5 Å². The first-order chi connectivity index (χ1) is 15.7. The van der Waals surface area contributed by atoms with E-state index in [4.69, 9.17) is 14.5 Å². The number of alkyl carbamates (subject to hydrolysis) is 1. The standard InChI is InChI=1S/C24H29N5O4/c1-24(2,3)33-23(31)27-16-7-9-29(10-8-16)21-14-25-13-20(28-21)18-12-26-19-6-5-15(11-17(18)19)22(30)32-4/h5-6,11-14,16,26H,7-10H2,1-4H3,(H,27,31). The van der Waals surface area contributed by atoms with Crippen LogP contribution in [-0.4, -0.2) is 58.9 Å². The number of fused-ring (bicyclic) bond motifs is 1. The van der Waals surface area contributed by atoms with E-state index in [-0.39, 0.29) is 18.1 Å². The third-order valence-corrected chi connectivity index (χ3v) is 5.54. The maximum atomic E-state index is 12.0. The van der Waals surface area contributed by atoms with Gasteiger partial charge in [0.2, 0.25) is 0 Å². The number of ether oxygens (including phenoxy) is 2. The van der Waals surface area contributed by atoms with Crippen molar-refractivity contribution < 1.29 is 19.1 Å². The number of aromatic amines is 1. The van der Waals surface area contributed by atoms with E-state index >= 15 is 0 Å². The van der Waals surface area contributed by atoms with Gasteiger partial charge < -0.3 is 24.7 Å². The van der Waals surface area contributed by atoms with E-state index < -0.39 is 5.60 Å². The first kappa shape index (κ1) is 22.6. The van der Waals surface area contributed by atoms with Crippen molar-refractivity contribution in [3.63, 3.8) is 0 Å². The van der Waals surface area contributed by atoms with Crippen molar-refractivity contribution in [1.29, 1.82) is 0 Å². The molecule has 9 heteroatoms. The van der Waals surface area contributed by atoms with E-state index in [1.807, 2.05) is 33.0 Å². The summed E-state index contributed by atoms with van der Waals surface area (Å²) in [4.78, 5) is 38.6. The molecule has 0 spiro atoms. The van der Waals surface area contributed by atoms with E-state index in [9.17, 15) is 9.59 Å². The third kappa shape index (κ3) is 5.24. The molecule has 1 aliphatic rings. The Morgan fingerprint density at radius 1 is 1.18 bits per heavy atom. The fourth-order valence-corrected chi connectivity index (χ4v) is 3.94. The molecule has 33 heavy (non-hydrogen) atoms. The van der Waals surface area contributed by atoms with Crippen LogP contribution in [0.3, 0.4) is 0 Å². The van der Waals surface area contributed by atoms with Crippen LogP contribution in [0.15, 0.2) is 36.8 Å². The van der Waals surface area contributed by atoms with Gasteiger partial charge in [-0.2, -0.15) is 0 Å². The predicted molar refractivity (Wildman–Crippen MR) is 125 cm³/mol. The molecule has 1 saturated heterocycles. The van der Waals surface area contributed by atoms with Gasteiger partial charge in [0.05, 0.1) is 30.8 Å². The van der Waals surface area contributed by atoms with Crippen LogP contribution in [0.1, 0.15) is 44.0 Å². The summed E-state index contributed by atoms with van der Waals surface area (Å²) in [6.07, 6.45) is 6.54. The number of carbonyl (C=O) groups is 2. The Morgan fingerprint density at radius 3 is 2.64 bits per heavy atom. The molecule has 0 unspecified atom stereocenters. The van der Waals surface area contributed by atoms with Crippen molar-refractivity contribution in [2.75, 3.05) is 25.1 Å². The topological polar surface area (TPSA) is 109 Å². The minimum absolute atomic E-state index is 0.0672. The number of amides is 1. The van der Waals surface area contributed by atoms with Gasteiger partial charge in [0.1, 0.15) is 11.4 Å². The van der Waals surface area contributed by atoms with Crippen LogP contribution in [0, 0.1) is 0 Å². The number of H-pyrrole nitrogens is 1. The number of anilines is 1. The first-order valence-electron chi connectivity index (χ1n) is 11.0. The molecule has 2 aromatic heterocycles. The van der Waals surface area contributed by atoms with Crippen LogP contribution in [0.4, 0.5) is 10.6 Å². The molecule has 3 aromatic rings. The number of esters is 1. The summed E-state index contributed by atoms with van der Waals surface area (Å²) >= 11 is 0. The number of nitrogens with zero attached hydrogens (tertiary/aromatic N) is 3. The molecular weight excluding hydrogens is 422 g/mol. The lowest BCUT2D eigenvalue weighted by Crippen LogP contribution is -2.46. The molecule has 0 saturated carbocycles. The lowest BCUT2D eigenvalue weighted by atomic mass is 10.1. The number of aromatic nitrogens is 3. The summed E-state index contributed by atoms with van der Waals surface area (Å²) in [7, 11) is 1.37. The van der Waals surface area contributed by atoms with Crippen LogP contribution >= 0.6 is 0 Å². The lowest BCUT2D eigenvalue weighted by Gasteiger charge is -2.33. The monoisotopic (exact) mass is 451 g/mol. The van der Waals surface area contributed by atoms with Gasteiger partial charge in [-0.25, -0.2) is 14.6 Å². The lowest BCUT2D eigenvalue weighted by molar-refractivity contribution is 0.0496. The SMILES string of the molecule is COC(=O)c1ccc2[nH]cc(-c3cncc(N4CCC(NC(=O)OC(C)(C)C)CC4)n3)c2c1. The van der Waals surface area contributed by atoms with E-state index in [1.165, 1.54) is 7.11 Å². The van der Waals surface area contributed by atoms with Crippen LogP contribution in [0.5, 0.6) is 0 Å². The van der Waals surface area contributed by atoms with Gasteiger partial charge in [-0.05, 0) is 51.8 Å². The van der Waals surface area contributed by atoms with Crippen molar-refractivity contribution in [2.24, 2.45) is 0 Å². The van der Waals surface area contributed by atoms with Crippen LogP contribution < -0.4 is 10.2 Å². The van der Waals surface area contributed by atoms with Crippen molar-refractivity contribution in [1.82, 2.24) is 20.3 Å². The molecule has 0 aliphatic carbocycles. The Kier molecular flexibility index (Phi) is 6.22. The molecule has 1 amide bonds. The maximum absolute atomic E-state index is 12.0. The molecular formula is C24H29N5O4. The number of nitrogens with one attached hydrogen (secondary N) is 2. The fourth-order valence-electron chi connectivity index (χ4n) is 3.94. The second-order valence-corrected chi connectivity index (χ2v) is 9.12. The first-order valence-corrected chi connectivity index (χ1v) is 11.0. The van der Waals surface area contributed by atoms with Crippen molar-refractivity contribution in [3.05, 3.63) is 42.4 Å². The van der Waals surface area contributed by atoms with E-state index in [2.05, 4.69) is 20.2 Å². The van der Waals surface area contributed by atoms with Gasteiger partial charge in [0.25, 0.3) is 0 Å². The van der Waals surface area contributed by atoms with Crippen LogP contribution in [-0.2, 0) is 9.47 Å². The fraction of sp³-hybridized carbons (Fsp3) is 0.417. The summed E-state index contributed by atoms with van der Waals surface area (Å²) in [6.45, 7) is 7.05. The van der Waals surface area contributed by atoms with Crippen LogP contribution in [0.2, 0.25) is 0 Å². The highest BCUT2D eigenvalue weighted by Crippen LogP contribution is 2.29. The second kappa shape index (κ2) is 9.09. The quantitative estimate of drug-likeness (QED) is 0.579. The zero-order valence-corrected chi connectivity index (χ0v) is 19.3. The molecule has 174 valence electrons. The number of rotatable bonds is 4. The minimum atomic E-state index is -0.513. The molecule has 0 radical (unpaired) electrons. The highest BCUT2D eigenvalue weighted by Gasteiger charge is 2.24. The number of hydrogen-bond acceptors (Lipinski definition) is 7. The Labute approximate surface area is 192 Å². The number of hydrogen-bond donors (Lipinski definition) is 2. The Bertz CT molecular complexity index is 1160. The van der Waals surface area contributed by atoms with Crippen molar-refractivity contribution in [3.8, 4) is 11.3 Å². The van der Waals surface area contributed by atoms with Gasteiger partial charge in [0, 0.05) is 41.8 Å². The highest BCUT2D eigenvalue weighted by molar-refractivity contribution is 6.00. The molecule has 1 fully saturated rings. The van der Waals surface area contributed by atoms with Crippen molar-refractivity contribution >= 4 is 28.8 Å². The van der Waals surface area contributed by atoms with Gasteiger partial charge >= 0.3 is 12.1 Å². The van der Waals surface area contributed by atoms with E-state index in [0.717, 1.165) is 53.9 Å². The molecule has 0 bridgehead atoms. The van der Waals surface area contributed by atoms with Crippen molar-refractivity contribution in [2.45, 2.75) is 45.3 Å². The maximum Gasteiger partial charge on any atom is 0.407 e. The van der Waals surface area contributed by atoms with E-state index in [0.29, 0.717) is 5.56 Å². The van der Waals surface area contributed by atoms with Gasteiger partial charge in [-0.15, -0.1) is 0 Å². The summed E-state index contributed by atoms with van der Waals surface area (Å²) in [6, 6.07) is 5.45. The zero-order valence-electron chi connectivity index (χ0n) is 19.3. The Hall–Kier alpha value is -3.62. The third-order valence-electron chi connectivity index (χ3n) is 5.54. The molecule has 1 aromatic carbocycles. The molecule has 2 N–H and O–H groups in total. The number of benzene rings is 1. The summed E-state index contributed by atoms with van der Waals surface area (Å²) in [5, 5.41) is 3.83. The summed E-state index contributed by atoms with van der Waals surface area (Å²) in [5.74, 6) is 0.397. The van der Waals surface area contributed by atoms with Gasteiger partial charge in [-0.3, -0.25) is 4.98 Å². The number of carbonyl (C=O) groups excluding carboxylic acids is 2. The molecule has 3 heterocycles. The van der Waals surface area contributed by atoms with Gasteiger partial charge in [-0.1, -0.05) is 0 Å². The highest BCUT2D eigenvalue weighted by atomic mass is 16.6. The average molecular weight is 452 g/mol. The smallest absolute Gasteiger partial charge is 0.407 e. The molecule has 9 nitrogen and oxygen atoms in total. The normalized spacial score (nSPS) is 14.8. The summed E-state index contributed by atoms with van der Waals surface area (Å²) < 4.78 is 10.2. The number of piperidine rings is 1. The Balaban J connectivity index is 1.47. The number of methoxy groups -OCH3 is 1. The zero-order chi connectivity index (χ0) is 23.6. The predicted octanol–water partition coefficient (Wildman–Crippen LogP) is 3.91. The average Bonchev–Trinajstić information content (AvgIpc) is 3.21. The molecule has 1 aliphatic heterocycles. The minimum Gasteiger partial charge on any atom is -0.465 e.